The molecule has 0 aliphatic carbocycles. The van der Waals surface area contributed by atoms with Gasteiger partial charge < -0.3 is 15.4 Å². The summed E-state index contributed by atoms with van der Waals surface area (Å²) >= 11 is 0. The predicted molar refractivity (Wildman–Crippen MR) is 65.4 cm³/mol. The van der Waals surface area contributed by atoms with Crippen LogP contribution in [-0.2, 0) is 10.2 Å². The standard InChI is InChI=1S/C13H16N2O2/c1-2-17-9-3-4-11-10(7-9)13(12(16)15-11)5-6-14-8-13/h3-4,7,14H,2,5-6,8H2,1H3,(H,15,16)/t13-/m0/s1. The van der Waals surface area contributed by atoms with E-state index in [1.807, 2.05) is 25.1 Å². The summed E-state index contributed by atoms with van der Waals surface area (Å²) in [6.45, 7) is 4.22. The molecule has 0 saturated carbocycles. The minimum absolute atomic E-state index is 0.117. The first-order chi connectivity index (χ1) is 8.26. The van der Waals surface area contributed by atoms with Gasteiger partial charge >= 0.3 is 0 Å². The van der Waals surface area contributed by atoms with Crippen LogP contribution in [0.5, 0.6) is 5.75 Å². The molecule has 1 fully saturated rings. The number of ether oxygens (including phenoxy) is 1. The van der Waals surface area contributed by atoms with Crippen LogP contribution in [0, 0.1) is 0 Å². The average Bonchev–Trinajstić information content (AvgIpc) is 2.90. The Balaban J connectivity index is 2.06. The van der Waals surface area contributed by atoms with E-state index in [9.17, 15) is 4.79 Å². The van der Waals surface area contributed by atoms with E-state index in [1.165, 1.54) is 0 Å². The summed E-state index contributed by atoms with van der Waals surface area (Å²) in [4.78, 5) is 12.1. The van der Waals surface area contributed by atoms with Gasteiger partial charge in [0.05, 0.1) is 12.0 Å². The van der Waals surface area contributed by atoms with E-state index in [0.29, 0.717) is 6.61 Å². The second-order valence-electron chi connectivity index (χ2n) is 4.60. The highest BCUT2D eigenvalue weighted by atomic mass is 16.5. The fraction of sp³-hybridized carbons (Fsp3) is 0.462. The average molecular weight is 232 g/mol. The van der Waals surface area contributed by atoms with Crippen LogP contribution in [0.2, 0.25) is 0 Å². The van der Waals surface area contributed by atoms with Gasteiger partial charge in [-0.2, -0.15) is 0 Å². The summed E-state index contributed by atoms with van der Waals surface area (Å²) in [5.74, 6) is 0.958. The molecule has 4 nitrogen and oxygen atoms in total. The summed E-state index contributed by atoms with van der Waals surface area (Å²) in [6.07, 6.45) is 0.863. The van der Waals surface area contributed by atoms with Gasteiger partial charge in [-0.15, -0.1) is 0 Å². The number of amides is 1. The van der Waals surface area contributed by atoms with Crippen molar-refractivity contribution in [3.05, 3.63) is 23.8 Å². The summed E-state index contributed by atoms with van der Waals surface area (Å²) in [7, 11) is 0. The number of hydrogen-bond acceptors (Lipinski definition) is 3. The number of carbonyl (C=O) groups excluding carboxylic acids is 1. The van der Waals surface area contributed by atoms with Crippen molar-refractivity contribution >= 4 is 11.6 Å². The smallest absolute Gasteiger partial charge is 0.236 e. The van der Waals surface area contributed by atoms with Gasteiger partial charge in [0.15, 0.2) is 0 Å². The van der Waals surface area contributed by atoms with Gasteiger partial charge in [0, 0.05) is 12.2 Å². The topological polar surface area (TPSA) is 50.4 Å². The molecule has 2 heterocycles. The van der Waals surface area contributed by atoms with E-state index in [4.69, 9.17) is 4.74 Å². The van der Waals surface area contributed by atoms with E-state index in [2.05, 4.69) is 10.6 Å². The van der Waals surface area contributed by atoms with Crippen molar-refractivity contribution in [2.24, 2.45) is 0 Å². The summed E-state index contributed by atoms with van der Waals surface area (Å²) in [6, 6.07) is 5.85. The van der Waals surface area contributed by atoms with Crippen molar-refractivity contribution in [1.82, 2.24) is 5.32 Å². The van der Waals surface area contributed by atoms with Crippen molar-refractivity contribution in [2.75, 3.05) is 25.0 Å². The molecule has 4 heteroatoms. The lowest BCUT2D eigenvalue weighted by Crippen LogP contribution is -2.36. The highest BCUT2D eigenvalue weighted by molar-refractivity contribution is 6.06. The van der Waals surface area contributed by atoms with E-state index >= 15 is 0 Å². The van der Waals surface area contributed by atoms with Crippen molar-refractivity contribution in [3.63, 3.8) is 0 Å². The molecule has 0 bridgehead atoms. The summed E-state index contributed by atoms with van der Waals surface area (Å²) in [5.41, 5.74) is 1.64. The van der Waals surface area contributed by atoms with E-state index in [1.54, 1.807) is 0 Å². The zero-order chi connectivity index (χ0) is 11.9. The number of carbonyl (C=O) groups is 1. The van der Waals surface area contributed by atoms with Crippen molar-refractivity contribution in [3.8, 4) is 5.75 Å². The van der Waals surface area contributed by atoms with Crippen molar-refractivity contribution in [2.45, 2.75) is 18.8 Å². The zero-order valence-corrected chi connectivity index (χ0v) is 9.88. The number of benzene rings is 1. The molecule has 17 heavy (non-hydrogen) atoms. The molecule has 1 saturated heterocycles. The molecule has 2 aliphatic heterocycles. The normalized spacial score (nSPS) is 26.1. The van der Waals surface area contributed by atoms with Gasteiger partial charge in [0.2, 0.25) is 5.91 Å². The lowest BCUT2D eigenvalue weighted by molar-refractivity contribution is -0.120. The molecule has 90 valence electrons. The van der Waals surface area contributed by atoms with Gasteiger partial charge in [0.25, 0.3) is 0 Å². The Kier molecular flexibility index (Phi) is 2.33. The van der Waals surface area contributed by atoms with Crippen molar-refractivity contribution in [1.29, 1.82) is 0 Å². The number of nitrogens with one attached hydrogen (secondary N) is 2. The van der Waals surface area contributed by atoms with Gasteiger partial charge in [-0.3, -0.25) is 4.79 Å². The lowest BCUT2D eigenvalue weighted by atomic mass is 9.81. The first kappa shape index (κ1) is 10.6. The number of hydrogen-bond donors (Lipinski definition) is 2. The second kappa shape index (κ2) is 3.74. The Morgan fingerprint density at radius 3 is 3.06 bits per heavy atom. The molecule has 1 spiro atoms. The molecular weight excluding hydrogens is 216 g/mol. The van der Waals surface area contributed by atoms with Crippen LogP contribution in [0.3, 0.4) is 0 Å². The lowest BCUT2D eigenvalue weighted by Gasteiger charge is -2.20. The minimum atomic E-state index is -0.373. The van der Waals surface area contributed by atoms with Gasteiger partial charge in [-0.1, -0.05) is 0 Å². The van der Waals surface area contributed by atoms with Crippen LogP contribution in [-0.4, -0.2) is 25.6 Å². The Bertz CT molecular complexity index is 464. The number of fused-ring (bicyclic) bond motifs is 2. The summed E-state index contributed by atoms with van der Waals surface area (Å²) in [5, 5.41) is 6.24. The van der Waals surface area contributed by atoms with Crippen LogP contribution < -0.4 is 15.4 Å². The maximum Gasteiger partial charge on any atom is 0.236 e. The molecule has 1 atom stereocenters. The third kappa shape index (κ3) is 1.44. The van der Waals surface area contributed by atoms with Crippen molar-refractivity contribution < 1.29 is 9.53 Å². The fourth-order valence-corrected chi connectivity index (χ4v) is 2.76. The zero-order valence-electron chi connectivity index (χ0n) is 9.88. The quantitative estimate of drug-likeness (QED) is 0.807. The SMILES string of the molecule is CCOc1ccc2c(c1)[C@@]1(CCNC1)C(=O)N2. The van der Waals surface area contributed by atoms with Crippen LogP contribution in [0.15, 0.2) is 18.2 Å². The molecule has 3 rings (SSSR count). The van der Waals surface area contributed by atoms with E-state index in [-0.39, 0.29) is 11.3 Å². The molecule has 1 aromatic rings. The largest absolute Gasteiger partial charge is 0.494 e. The van der Waals surface area contributed by atoms with Gasteiger partial charge in [-0.05, 0) is 43.7 Å². The molecule has 2 aliphatic rings. The maximum absolute atomic E-state index is 12.1. The fourth-order valence-electron chi connectivity index (χ4n) is 2.76. The van der Waals surface area contributed by atoms with Gasteiger partial charge in [-0.25, -0.2) is 0 Å². The van der Waals surface area contributed by atoms with Crippen LogP contribution in [0.25, 0.3) is 0 Å². The van der Waals surface area contributed by atoms with Crippen LogP contribution >= 0.6 is 0 Å². The highest BCUT2D eigenvalue weighted by Gasteiger charge is 2.48. The molecule has 2 N–H and O–H groups in total. The monoisotopic (exact) mass is 232 g/mol. The Morgan fingerprint density at radius 2 is 2.35 bits per heavy atom. The number of anilines is 1. The first-order valence-electron chi connectivity index (χ1n) is 6.06. The predicted octanol–water partition coefficient (Wildman–Crippen LogP) is 1.27. The highest BCUT2D eigenvalue weighted by Crippen LogP contribution is 2.43. The minimum Gasteiger partial charge on any atom is -0.494 e. The molecule has 1 aromatic carbocycles. The molecule has 0 radical (unpaired) electrons. The Labute approximate surface area is 100 Å². The molecule has 0 unspecified atom stereocenters. The van der Waals surface area contributed by atoms with Crippen LogP contribution in [0.1, 0.15) is 18.9 Å². The third-order valence-electron chi connectivity index (χ3n) is 3.66. The third-order valence-corrected chi connectivity index (χ3v) is 3.66. The second-order valence-corrected chi connectivity index (χ2v) is 4.60. The Morgan fingerprint density at radius 1 is 1.47 bits per heavy atom. The molecule has 1 amide bonds. The van der Waals surface area contributed by atoms with Crippen LogP contribution in [0.4, 0.5) is 5.69 Å². The number of rotatable bonds is 2. The van der Waals surface area contributed by atoms with E-state index < -0.39 is 0 Å². The molecule has 0 aromatic heterocycles. The maximum atomic E-state index is 12.1. The van der Waals surface area contributed by atoms with E-state index in [0.717, 1.165) is 36.5 Å². The summed E-state index contributed by atoms with van der Waals surface area (Å²) < 4.78 is 5.51. The van der Waals surface area contributed by atoms with Gasteiger partial charge in [0.1, 0.15) is 5.75 Å². The molecular formula is C13H16N2O2. The Hall–Kier alpha value is -1.55. The first-order valence-corrected chi connectivity index (χ1v) is 6.06.